The van der Waals surface area contributed by atoms with Gasteiger partial charge in [-0.05, 0) is 49.2 Å². The van der Waals surface area contributed by atoms with Crippen LogP contribution in [0.4, 0.5) is 11.4 Å². The van der Waals surface area contributed by atoms with Gasteiger partial charge in [0.2, 0.25) is 5.91 Å². The number of hydrogen-bond donors (Lipinski definition) is 2. The quantitative estimate of drug-likeness (QED) is 0.500. The highest BCUT2D eigenvalue weighted by Gasteiger charge is 2.04. The number of benzene rings is 2. The summed E-state index contributed by atoms with van der Waals surface area (Å²) >= 11 is 0. The summed E-state index contributed by atoms with van der Waals surface area (Å²) in [5, 5.41) is 2.87. The summed E-state index contributed by atoms with van der Waals surface area (Å²) in [6.07, 6.45) is 3.16. The Hall–Kier alpha value is -2.69. The Morgan fingerprint density at radius 3 is 2.44 bits per heavy atom. The van der Waals surface area contributed by atoms with E-state index in [1.165, 1.54) is 0 Å². The Morgan fingerprint density at radius 1 is 1.00 bits per heavy atom. The molecule has 0 aliphatic heterocycles. The molecule has 0 unspecified atom stereocenters. The second kappa shape index (κ2) is 10.2. The highest BCUT2D eigenvalue weighted by molar-refractivity contribution is 5.90. The van der Waals surface area contributed by atoms with Crippen molar-refractivity contribution in [3.8, 4) is 11.5 Å². The molecule has 0 fully saturated rings. The van der Waals surface area contributed by atoms with Gasteiger partial charge in [0, 0.05) is 12.1 Å². The van der Waals surface area contributed by atoms with Crippen LogP contribution < -0.4 is 20.5 Å². The minimum atomic E-state index is -0.0377. The van der Waals surface area contributed by atoms with Crippen LogP contribution in [0.25, 0.3) is 0 Å². The largest absolute Gasteiger partial charge is 0.494 e. The van der Waals surface area contributed by atoms with Crippen LogP contribution in [0.15, 0.2) is 48.5 Å². The summed E-state index contributed by atoms with van der Waals surface area (Å²) in [5.74, 6) is 1.44. The maximum Gasteiger partial charge on any atom is 0.224 e. The zero-order chi connectivity index (χ0) is 17.9. The van der Waals surface area contributed by atoms with E-state index in [0.29, 0.717) is 37.5 Å². The Balaban J connectivity index is 1.67. The highest BCUT2D eigenvalue weighted by Crippen LogP contribution is 2.20. The maximum atomic E-state index is 12.0. The number of ether oxygens (including phenoxy) is 2. The fourth-order valence-corrected chi connectivity index (χ4v) is 2.22. The van der Waals surface area contributed by atoms with E-state index in [0.717, 1.165) is 24.3 Å². The SMILES string of the molecule is CCCCOc1ccc(NC(=O)CCCOc2ccccc2N)cc1. The first-order valence-electron chi connectivity index (χ1n) is 8.69. The van der Waals surface area contributed by atoms with Crippen molar-refractivity contribution < 1.29 is 14.3 Å². The smallest absolute Gasteiger partial charge is 0.224 e. The molecule has 0 aromatic heterocycles. The van der Waals surface area contributed by atoms with Gasteiger partial charge in [-0.1, -0.05) is 25.5 Å². The van der Waals surface area contributed by atoms with Crippen LogP contribution in [0.1, 0.15) is 32.6 Å². The van der Waals surface area contributed by atoms with E-state index in [-0.39, 0.29) is 5.91 Å². The minimum Gasteiger partial charge on any atom is -0.494 e. The molecule has 134 valence electrons. The van der Waals surface area contributed by atoms with Crippen LogP contribution in [0.5, 0.6) is 11.5 Å². The van der Waals surface area contributed by atoms with Gasteiger partial charge in [-0.15, -0.1) is 0 Å². The molecule has 0 saturated heterocycles. The highest BCUT2D eigenvalue weighted by atomic mass is 16.5. The van der Waals surface area contributed by atoms with Crippen molar-refractivity contribution in [2.24, 2.45) is 0 Å². The minimum absolute atomic E-state index is 0.0377. The van der Waals surface area contributed by atoms with Gasteiger partial charge in [0.1, 0.15) is 11.5 Å². The van der Waals surface area contributed by atoms with Crippen LogP contribution in [0.3, 0.4) is 0 Å². The monoisotopic (exact) mass is 342 g/mol. The molecule has 0 spiro atoms. The first-order valence-corrected chi connectivity index (χ1v) is 8.69. The summed E-state index contributed by atoms with van der Waals surface area (Å²) in [6.45, 7) is 3.29. The Labute approximate surface area is 149 Å². The lowest BCUT2D eigenvalue weighted by Gasteiger charge is -2.09. The van der Waals surface area contributed by atoms with Crippen LogP contribution in [-0.2, 0) is 4.79 Å². The van der Waals surface area contributed by atoms with E-state index in [2.05, 4.69) is 12.2 Å². The number of amides is 1. The van der Waals surface area contributed by atoms with Crippen LogP contribution >= 0.6 is 0 Å². The van der Waals surface area contributed by atoms with Crippen molar-refractivity contribution in [1.82, 2.24) is 0 Å². The van der Waals surface area contributed by atoms with Crippen LogP contribution in [-0.4, -0.2) is 19.1 Å². The number of hydrogen-bond acceptors (Lipinski definition) is 4. The van der Waals surface area contributed by atoms with Gasteiger partial charge in [-0.2, -0.15) is 0 Å². The molecule has 0 aliphatic rings. The third-order valence-corrected chi connectivity index (χ3v) is 3.63. The van der Waals surface area contributed by atoms with Crippen LogP contribution in [0.2, 0.25) is 0 Å². The first kappa shape index (κ1) is 18.6. The molecular formula is C20H26N2O3. The summed E-state index contributed by atoms with van der Waals surface area (Å²) in [5.41, 5.74) is 7.17. The lowest BCUT2D eigenvalue weighted by atomic mass is 10.2. The Morgan fingerprint density at radius 2 is 1.72 bits per heavy atom. The van der Waals surface area contributed by atoms with E-state index in [1.807, 2.05) is 42.5 Å². The molecule has 0 saturated carbocycles. The zero-order valence-electron chi connectivity index (χ0n) is 14.7. The molecule has 25 heavy (non-hydrogen) atoms. The molecule has 0 radical (unpaired) electrons. The summed E-state index contributed by atoms with van der Waals surface area (Å²) in [4.78, 5) is 12.0. The standard InChI is InChI=1S/C20H26N2O3/c1-2-3-14-24-17-12-10-16(11-13-17)22-20(23)9-6-15-25-19-8-5-4-7-18(19)21/h4-5,7-8,10-13H,2-3,6,9,14-15,21H2,1H3,(H,22,23). The second-order valence-electron chi connectivity index (χ2n) is 5.76. The number of carbonyl (C=O) groups is 1. The molecule has 0 bridgehead atoms. The second-order valence-corrected chi connectivity index (χ2v) is 5.76. The van der Waals surface area contributed by atoms with Gasteiger partial charge in [0.15, 0.2) is 0 Å². The summed E-state index contributed by atoms with van der Waals surface area (Å²) in [6, 6.07) is 14.8. The van der Waals surface area contributed by atoms with Crippen LogP contribution in [0, 0.1) is 0 Å². The van der Waals surface area contributed by atoms with Crippen molar-refractivity contribution in [3.63, 3.8) is 0 Å². The van der Waals surface area contributed by atoms with E-state index < -0.39 is 0 Å². The van der Waals surface area contributed by atoms with Crippen molar-refractivity contribution in [3.05, 3.63) is 48.5 Å². The summed E-state index contributed by atoms with van der Waals surface area (Å²) < 4.78 is 11.2. The maximum absolute atomic E-state index is 12.0. The summed E-state index contributed by atoms with van der Waals surface area (Å²) in [7, 11) is 0. The molecule has 5 heteroatoms. The van der Waals surface area contributed by atoms with Gasteiger partial charge in [-0.3, -0.25) is 4.79 Å². The Bertz CT molecular complexity index is 656. The molecule has 2 aromatic rings. The topological polar surface area (TPSA) is 73.6 Å². The van der Waals surface area contributed by atoms with Gasteiger partial charge in [0.05, 0.1) is 18.9 Å². The van der Waals surface area contributed by atoms with Gasteiger partial charge < -0.3 is 20.5 Å². The third-order valence-electron chi connectivity index (χ3n) is 3.63. The van der Waals surface area contributed by atoms with E-state index >= 15 is 0 Å². The van der Waals surface area contributed by atoms with E-state index in [1.54, 1.807) is 6.07 Å². The molecule has 1 amide bonds. The molecule has 0 aliphatic carbocycles. The van der Waals surface area contributed by atoms with Gasteiger partial charge in [0.25, 0.3) is 0 Å². The number of anilines is 2. The number of nitrogens with one attached hydrogen (secondary N) is 1. The van der Waals surface area contributed by atoms with Crippen molar-refractivity contribution in [2.75, 3.05) is 24.3 Å². The number of unbranched alkanes of at least 4 members (excludes halogenated alkanes) is 1. The van der Waals surface area contributed by atoms with Crippen molar-refractivity contribution in [1.29, 1.82) is 0 Å². The Kier molecular flexibility index (Phi) is 7.63. The van der Waals surface area contributed by atoms with E-state index in [4.69, 9.17) is 15.2 Å². The van der Waals surface area contributed by atoms with E-state index in [9.17, 15) is 4.79 Å². The molecule has 0 atom stereocenters. The number of carbonyl (C=O) groups excluding carboxylic acids is 1. The predicted octanol–water partition coefficient (Wildman–Crippen LogP) is 4.25. The average Bonchev–Trinajstić information content (AvgIpc) is 2.62. The molecule has 3 N–H and O–H groups in total. The third kappa shape index (κ3) is 6.75. The lowest BCUT2D eigenvalue weighted by Crippen LogP contribution is -2.13. The first-order chi connectivity index (χ1) is 12.2. The number of nitrogens with two attached hydrogens (primary N) is 1. The average molecular weight is 342 g/mol. The molecule has 2 rings (SSSR count). The zero-order valence-corrected chi connectivity index (χ0v) is 14.7. The molecule has 0 heterocycles. The fourth-order valence-electron chi connectivity index (χ4n) is 2.22. The normalized spacial score (nSPS) is 10.3. The molecule has 5 nitrogen and oxygen atoms in total. The van der Waals surface area contributed by atoms with Gasteiger partial charge >= 0.3 is 0 Å². The number of rotatable bonds is 10. The van der Waals surface area contributed by atoms with Gasteiger partial charge in [-0.25, -0.2) is 0 Å². The predicted molar refractivity (Wildman–Crippen MR) is 101 cm³/mol. The number of para-hydroxylation sites is 2. The number of nitrogen functional groups attached to an aromatic ring is 1. The van der Waals surface area contributed by atoms with Crippen molar-refractivity contribution >= 4 is 17.3 Å². The molecular weight excluding hydrogens is 316 g/mol. The fraction of sp³-hybridized carbons (Fsp3) is 0.350. The molecule has 2 aromatic carbocycles. The van der Waals surface area contributed by atoms with Crippen molar-refractivity contribution in [2.45, 2.75) is 32.6 Å². The lowest BCUT2D eigenvalue weighted by molar-refractivity contribution is -0.116.